The van der Waals surface area contributed by atoms with Gasteiger partial charge in [0.1, 0.15) is 23.0 Å². The first-order valence-corrected chi connectivity index (χ1v) is 9.78. The topological polar surface area (TPSA) is 40.8 Å². The minimum Gasteiger partial charge on any atom is -0.497 e. The lowest BCUT2D eigenvalue weighted by Gasteiger charge is -2.06. The van der Waals surface area contributed by atoms with Gasteiger partial charge in [-0.15, -0.1) is 0 Å². The molecule has 0 atom stereocenters. The molecule has 0 N–H and O–H groups in total. The van der Waals surface area contributed by atoms with Gasteiger partial charge in [0.2, 0.25) is 0 Å². The maximum absolute atomic E-state index is 6.87. The molecule has 4 rings (SSSR count). The van der Waals surface area contributed by atoms with Crippen molar-refractivity contribution in [1.29, 1.82) is 0 Å². The number of hydrogen-bond donors (Lipinski definition) is 0. The molecule has 0 amide bonds. The van der Waals surface area contributed by atoms with Gasteiger partial charge >= 0.3 is 0 Å². The van der Waals surface area contributed by atoms with Crippen LogP contribution in [0.15, 0.2) is 77.2 Å². The van der Waals surface area contributed by atoms with E-state index in [1.165, 1.54) is 0 Å². The number of methoxy groups -OCH3 is 3. The van der Waals surface area contributed by atoms with Gasteiger partial charge < -0.3 is 18.6 Å². The molecule has 0 aliphatic carbocycles. The van der Waals surface area contributed by atoms with E-state index in [-0.39, 0.29) is 0 Å². The standard InChI is InChI=1S/C25H21ClO4/c1-27-19-10-4-16(5-11-19)22-23(26)25(18-8-14-21(29-3)15-9-18)30-24(22)17-6-12-20(28-2)13-7-17/h4-15H,1-3H3. The fourth-order valence-corrected chi connectivity index (χ4v) is 3.64. The van der Waals surface area contributed by atoms with Crippen molar-refractivity contribution in [2.45, 2.75) is 0 Å². The summed E-state index contributed by atoms with van der Waals surface area (Å²) in [5.74, 6) is 3.62. The Morgan fingerprint density at radius 2 is 0.900 bits per heavy atom. The largest absolute Gasteiger partial charge is 0.497 e. The monoisotopic (exact) mass is 420 g/mol. The normalized spacial score (nSPS) is 10.7. The summed E-state index contributed by atoms with van der Waals surface area (Å²) in [7, 11) is 4.92. The lowest BCUT2D eigenvalue weighted by atomic mass is 10.0. The van der Waals surface area contributed by atoms with Crippen LogP contribution in [0.1, 0.15) is 0 Å². The predicted molar refractivity (Wildman–Crippen MR) is 120 cm³/mol. The van der Waals surface area contributed by atoms with Gasteiger partial charge in [-0.3, -0.25) is 0 Å². The summed E-state index contributed by atoms with van der Waals surface area (Å²) < 4.78 is 22.2. The molecule has 0 aliphatic rings. The summed E-state index contributed by atoms with van der Waals surface area (Å²) in [6, 6.07) is 23.1. The molecule has 0 spiro atoms. The molecule has 4 aromatic rings. The maximum Gasteiger partial charge on any atom is 0.154 e. The van der Waals surface area contributed by atoms with Crippen LogP contribution in [-0.4, -0.2) is 21.3 Å². The highest BCUT2D eigenvalue weighted by Gasteiger charge is 2.23. The Hall–Kier alpha value is -3.37. The summed E-state index contributed by atoms with van der Waals surface area (Å²) in [6.07, 6.45) is 0. The fourth-order valence-electron chi connectivity index (χ4n) is 3.30. The molecular formula is C25H21ClO4. The van der Waals surface area contributed by atoms with Crippen molar-refractivity contribution >= 4 is 11.6 Å². The fraction of sp³-hybridized carbons (Fsp3) is 0.120. The van der Waals surface area contributed by atoms with E-state index in [1.807, 2.05) is 72.8 Å². The smallest absolute Gasteiger partial charge is 0.154 e. The van der Waals surface area contributed by atoms with Gasteiger partial charge in [0.05, 0.1) is 26.4 Å². The molecular weight excluding hydrogens is 400 g/mol. The quantitative estimate of drug-likeness (QED) is 0.338. The van der Waals surface area contributed by atoms with Crippen LogP contribution in [0.2, 0.25) is 5.02 Å². The molecule has 4 nitrogen and oxygen atoms in total. The Balaban J connectivity index is 1.89. The van der Waals surface area contributed by atoms with Gasteiger partial charge in [-0.25, -0.2) is 0 Å². The van der Waals surface area contributed by atoms with Crippen LogP contribution in [0.3, 0.4) is 0 Å². The van der Waals surface area contributed by atoms with Crippen molar-refractivity contribution in [2.75, 3.05) is 21.3 Å². The zero-order valence-electron chi connectivity index (χ0n) is 16.9. The number of ether oxygens (including phenoxy) is 3. The highest BCUT2D eigenvalue weighted by molar-refractivity contribution is 6.36. The van der Waals surface area contributed by atoms with Gasteiger partial charge in [-0.1, -0.05) is 23.7 Å². The molecule has 0 radical (unpaired) electrons. The summed E-state index contributed by atoms with van der Waals surface area (Å²) in [4.78, 5) is 0. The summed E-state index contributed by atoms with van der Waals surface area (Å²) >= 11 is 6.87. The Morgan fingerprint density at radius 3 is 1.30 bits per heavy atom. The second kappa shape index (κ2) is 8.56. The maximum atomic E-state index is 6.87. The first-order valence-electron chi connectivity index (χ1n) is 9.40. The van der Waals surface area contributed by atoms with Crippen LogP contribution in [-0.2, 0) is 0 Å². The van der Waals surface area contributed by atoms with E-state index in [1.54, 1.807) is 21.3 Å². The van der Waals surface area contributed by atoms with E-state index in [4.69, 9.17) is 30.2 Å². The Kier molecular flexibility index (Phi) is 5.68. The van der Waals surface area contributed by atoms with Gasteiger partial charge in [0.15, 0.2) is 5.76 Å². The molecule has 0 aliphatic heterocycles. The van der Waals surface area contributed by atoms with E-state index in [0.29, 0.717) is 16.5 Å². The molecule has 1 aromatic heterocycles. The van der Waals surface area contributed by atoms with E-state index in [9.17, 15) is 0 Å². The van der Waals surface area contributed by atoms with Gasteiger partial charge in [-0.05, 0) is 66.2 Å². The van der Waals surface area contributed by atoms with Gasteiger partial charge in [0.25, 0.3) is 0 Å². The van der Waals surface area contributed by atoms with Crippen molar-refractivity contribution in [2.24, 2.45) is 0 Å². The van der Waals surface area contributed by atoms with E-state index in [2.05, 4.69) is 0 Å². The molecule has 5 heteroatoms. The highest BCUT2D eigenvalue weighted by atomic mass is 35.5. The summed E-state index contributed by atoms with van der Waals surface area (Å²) in [6.45, 7) is 0. The third-order valence-corrected chi connectivity index (χ3v) is 5.29. The first-order chi connectivity index (χ1) is 14.6. The predicted octanol–water partition coefficient (Wildman–Crippen LogP) is 6.96. The van der Waals surface area contributed by atoms with E-state index < -0.39 is 0 Å². The Bertz CT molecular complexity index is 1130. The lowest BCUT2D eigenvalue weighted by Crippen LogP contribution is -1.85. The van der Waals surface area contributed by atoms with Crippen LogP contribution in [0, 0.1) is 0 Å². The molecule has 30 heavy (non-hydrogen) atoms. The molecule has 0 saturated carbocycles. The number of halogens is 1. The highest BCUT2D eigenvalue weighted by Crippen LogP contribution is 2.46. The average Bonchev–Trinajstić information content (AvgIpc) is 3.16. The third kappa shape index (κ3) is 3.74. The second-order valence-corrected chi connectivity index (χ2v) is 7.01. The zero-order chi connectivity index (χ0) is 21.1. The average molecular weight is 421 g/mol. The van der Waals surface area contributed by atoms with Crippen LogP contribution in [0.25, 0.3) is 33.8 Å². The Morgan fingerprint density at radius 1 is 0.533 bits per heavy atom. The summed E-state index contributed by atoms with van der Waals surface area (Å²) in [5, 5.41) is 0.552. The van der Waals surface area contributed by atoms with Crippen LogP contribution in [0.4, 0.5) is 0 Å². The van der Waals surface area contributed by atoms with Crippen molar-refractivity contribution in [3.8, 4) is 51.0 Å². The number of benzene rings is 3. The minimum absolute atomic E-state index is 0.552. The van der Waals surface area contributed by atoms with Crippen LogP contribution >= 0.6 is 11.6 Å². The second-order valence-electron chi connectivity index (χ2n) is 6.63. The number of furan rings is 1. The van der Waals surface area contributed by atoms with Crippen LogP contribution in [0.5, 0.6) is 17.2 Å². The lowest BCUT2D eigenvalue weighted by molar-refractivity contribution is 0.414. The van der Waals surface area contributed by atoms with Crippen LogP contribution < -0.4 is 14.2 Å². The first kappa shape index (κ1) is 19.9. The molecule has 0 fully saturated rings. The van der Waals surface area contributed by atoms with E-state index in [0.717, 1.165) is 39.5 Å². The molecule has 1 heterocycles. The minimum atomic E-state index is 0.552. The Labute approximate surface area is 180 Å². The van der Waals surface area contributed by atoms with Gasteiger partial charge in [0, 0.05) is 16.7 Å². The van der Waals surface area contributed by atoms with E-state index >= 15 is 0 Å². The SMILES string of the molecule is COc1ccc(-c2oc(-c3ccc(OC)cc3)c(-c3ccc(OC)cc3)c2Cl)cc1. The van der Waals surface area contributed by atoms with Crippen molar-refractivity contribution < 1.29 is 18.6 Å². The van der Waals surface area contributed by atoms with Gasteiger partial charge in [-0.2, -0.15) is 0 Å². The third-order valence-electron chi connectivity index (χ3n) is 4.93. The number of hydrogen-bond acceptors (Lipinski definition) is 4. The number of rotatable bonds is 6. The summed E-state index contributed by atoms with van der Waals surface area (Å²) in [5.41, 5.74) is 3.55. The molecule has 0 bridgehead atoms. The van der Waals surface area contributed by atoms with Crippen molar-refractivity contribution in [3.63, 3.8) is 0 Å². The van der Waals surface area contributed by atoms with Crippen molar-refractivity contribution in [1.82, 2.24) is 0 Å². The molecule has 3 aromatic carbocycles. The molecule has 0 unspecified atom stereocenters. The molecule has 0 saturated heterocycles. The van der Waals surface area contributed by atoms with Crippen molar-refractivity contribution in [3.05, 3.63) is 77.8 Å². The zero-order valence-corrected chi connectivity index (χ0v) is 17.7. The molecule has 152 valence electrons.